The number of rotatable bonds is 3. The topological polar surface area (TPSA) is 67.2 Å². The van der Waals surface area contributed by atoms with E-state index >= 15 is 0 Å². The summed E-state index contributed by atoms with van der Waals surface area (Å²) in [5.74, 6) is 0.298. The summed E-state index contributed by atoms with van der Waals surface area (Å²) in [5.41, 5.74) is 0.800. The summed E-state index contributed by atoms with van der Waals surface area (Å²) in [6.45, 7) is 10.8. The van der Waals surface area contributed by atoms with Crippen molar-refractivity contribution < 1.29 is 9.59 Å². The number of aryl methyl sites for hydroxylation is 1. The van der Waals surface area contributed by atoms with Crippen LogP contribution in [0.15, 0.2) is 6.07 Å². The van der Waals surface area contributed by atoms with Crippen LogP contribution < -0.4 is 5.32 Å². The summed E-state index contributed by atoms with van der Waals surface area (Å²) in [7, 11) is 1.91. The zero-order valence-corrected chi connectivity index (χ0v) is 16.5. The molecule has 6 nitrogen and oxygen atoms in total. The maximum Gasteiger partial charge on any atom is 0.261 e. The van der Waals surface area contributed by atoms with E-state index in [1.807, 2.05) is 43.5 Å². The summed E-state index contributed by atoms with van der Waals surface area (Å²) in [5, 5.41) is 8.62. The van der Waals surface area contributed by atoms with Crippen molar-refractivity contribution in [3.8, 4) is 0 Å². The highest BCUT2D eigenvalue weighted by Crippen LogP contribution is 2.31. The molecule has 2 aromatic rings. The van der Waals surface area contributed by atoms with Gasteiger partial charge in [0.1, 0.15) is 4.83 Å². The lowest BCUT2D eigenvalue weighted by atomic mass is 10.1. The van der Waals surface area contributed by atoms with E-state index in [2.05, 4.69) is 24.3 Å². The van der Waals surface area contributed by atoms with E-state index in [4.69, 9.17) is 0 Å². The molecule has 3 heterocycles. The lowest BCUT2D eigenvalue weighted by Gasteiger charge is -2.32. The van der Waals surface area contributed by atoms with Gasteiger partial charge in [0.2, 0.25) is 5.91 Å². The van der Waals surface area contributed by atoms with Gasteiger partial charge in [-0.05, 0) is 32.8 Å². The highest BCUT2D eigenvalue weighted by molar-refractivity contribution is 7.20. The third-order valence-corrected chi connectivity index (χ3v) is 5.78. The number of hydrogen-bond donors (Lipinski definition) is 1. The lowest BCUT2D eigenvalue weighted by Crippen LogP contribution is -2.44. The molecule has 0 radical (unpaired) electrons. The van der Waals surface area contributed by atoms with E-state index < -0.39 is 0 Å². The Bertz CT molecular complexity index is 828. The fourth-order valence-corrected chi connectivity index (χ4v) is 4.30. The predicted octanol–water partition coefficient (Wildman–Crippen LogP) is 2.89. The van der Waals surface area contributed by atoms with Gasteiger partial charge in [-0.25, -0.2) is 0 Å². The Morgan fingerprint density at radius 3 is 2.64 bits per heavy atom. The highest BCUT2D eigenvalue weighted by atomic mass is 32.1. The molecule has 136 valence electrons. The fourth-order valence-electron chi connectivity index (χ4n) is 3.31. The number of thiophene rings is 1. The molecule has 0 spiro atoms. The van der Waals surface area contributed by atoms with E-state index in [-0.39, 0.29) is 23.4 Å². The maximum absolute atomic E-state index is 12.7. The number of carbonyl (C=O) groups excluding carboxylic acids is 2. The number of carbonyl (C=O) groups is 2. The van der Waals surface area contributed by atoms with Gasteiger partial charge >= 0.3 is 0 Å². The minimum Gasteiger partial charge on any atom is -0.346 e. The molecule has 0 aromatic carbocycles. The molecule has 0 aliphatic carbocycles. The first-order chi connectivity index (χ1) is 11.6. The van der Waals surface area contributed by atoms with Crippen LogP contribution in [0.25, 0.3) is 10.2 Å². The molecular formula is C18H26N4O2S. The van der Waals surface area contributed by atoms with Gasteiger partial charge in [0.25, 0.3) is 5.91 Å². The summed E-state index contributed by atoms with van der Waals surface area (Å²) in [6.07, 6.45) is 0.368. The molecule has 1 aliphatic heterocycles. The third kappa shape index (κ3) is 3.29. The van der Waals surface area contributed by atoms with Crippen LogP contribution in [0.5, 0.6) is 0 Å². The van der Waals surface area contributed by atoms with Crippen LogP contribution in [-0.2, 0) is 11.8 Å². The average Bonchev–Trinajstić information content (AvgIpc) is 3.13. The van der Waals surface area contributed by atoms with Crippen LogP contribution in [0, 0.1) is 0 Å². The van der Waals surface area contributed by atoms with Crippen LogP contribution in [-0.4, -0.2) is 44.6 Å². The maximum atomic E-state index is 12.7. The second kappa shape index (κ2) is 6.12. The molecule has 7 heteroatoms. The van der Waals surface area contributed by atoms with Gasteiger partial charge in [-0.15, -0.1) is 11.3 Å². The SMILES string of the molecule is CC(C)c1nn(C)c2sc(C(=O)NC3CC(=O)N(C(C)(C)C)C3)cc12. The van der Waals surface area contributed by atoms with Crippen molar-refractivity contribution in [2.24, 2.45) is 7.05 Å². The van der Waals surface area contributed by atoms with Gasteiger partial charge in [-0.3, -0.25) is 14.3 Å². The molecule has 0 saturated carbocycles. The van der Waals surface area contributed by atoms with Gasteiger partial charge in [-0.2, -0.15) is 5.10 Å². The van der Waals surface area contributed by atoms with Crippen LogP contribution >= 0.6 is 11.3 Å². The highest BCUT2D eigenvalue weighted by Gasteiger charge is 2.37. The van der Waals surface area contributed by atoms with Crippen LogP contribution in [0.4, 0.5) is 0 Å². The Labute approximate surface area is 152 Å². The molecule has 0 bridgehead atoms. The van der Waals surface area contributed by atoms with Crippen molar-refractivity contribution in [3.05, 3.63) is 16.6 Å². The summed E-state index contributed by atoms with van der Waals surface area (Å²) < 4.78 is 1.84. The molecule has 25 heavy (non-hydrogen) atoms. The second-order valence-electron chi connectivity index (χ2n) is 8.04. The number of hydrogen-bond acceptors (Lipinski definition) is 4. The largest absolute Gasteiger partial charge is 0.346 e. The zero-order valence-electron chi connectivity index (χ0n) is 15.7. The Kier molecular flexibility index (Phi) is 4.39. The molecule has 1 saturated heterocycles. The fraction of sp³-hybridized carbons (Fsp3) is 0.611. The summed E-state index contributed by atoms with van der Waals surface area (Å²) in [4.78, 5) is 28.4. The van der Waals surface area contributed by atoms with E-state index in [1.54, 1.807) is 0 Å². The Balaban J connectivity index is 1.77. The molecular weight excluding hydrogens is 336 g/mol. The quantitative estimate of drug-likeness (QED) is 0.913. The van der Waals surface area contributed by atoms with Gasteiger partial charge in [0.05, 0.1) is 16.6 Å². The molecule has 3 rings (SSSR count). The molecule has 1 aliphatic rings. The Morgan fingerprint density at radius 2 is 2.08 bits per heavy atom. The first kappa shape index (κ1) is 17.9. The smallest absolute Gasteiger partial charge is 0.261 e. The van der Waals surface area contributed by atoms with E-state index in [9.17, 15) is 9.59 Å². The number of amides is 2. The van der Waals surface area contributed by atoms with Crippen molar-refractivity contribution in [2.75, 3.05) is 6.54 Å². The van der Waals surface area contributed by atoms with Crippen molar-refractivity contribution in [3.63, 3.8) is 0 Å². The summed E-state index contributed by atoms with van der Waals surface area (Å²) >= 11 is 1.45. The predicted molar refractivity (Wildman–Crippen MR) is 100 cm³/mol. The van der Waals surface area contributed by atoms with Gasteiger partial charge in [0, 0.05) is 30.9 Å². The lowest BCUT2D eigenvalue weighted by molar-refractivity contribution is -0.131. The number of fused-ring (bicyclic) bond motifs is 1. The molecule has 1 atom stereocenters. The van der Waals surface area contributed by atoms with Gasteiger partial charge < -0.3 is 10.2 Å². The summed E-state index contributed by atoms with van der Waals surface area (Å²) in [6, 6.07) is 1.79. The first-order valence-electron chi connectivity index (χ1n) is 8.65. The van der Waals surface area contributed by atoms with E-state index in [0.29, 0.717) is 23.8 Å². The van der Waals surface area contributed by atoms with E-state index in [1.165, 1.54) is 11.3 Å². The molecule has 2 amide bonds. The van der Waals surface area contributed by atoms with Crippen LogP contribution in [0.1, 0.15) is 62.3 Å². The number of likely N-dealkylation sites (tertiary alicyclic amines) is 1. The zero-order chi connectivity index (χ0) is 18.5. The van der Waals surface area contributed by atoms with Crippen molar-refractivity contribution >= 4 is 33.4 Å². The Hall–Kier alpha value is -1.89. The van der Waals surface area contributed by atoms with Gasteiger partial charge in [0.15, 0.2) is 0 Å². The third-order valence-electron chi connectivity index (χ3n) is 4.58. The molecule has 2 aromatic heterocycles. The Morgan fingerprint density at radius 1 is 1.40 bits per heavy atom. The number of nitrogens with one attached hydrogen (secondary N) is 1. The average molecular weight is 362 g/mol. The van der Waals surface area contributed by atoms with Crippen LogP contribution in [0.3, 0.4) is 0 Å². The monoisotopic (exact) mass is 362 g/mol. The van der Waals surface area contributed by atoms with Crippen molar-refractivity contribution in [1.29, 1.82) is 0 Å². The van der Waals surface area contributed by atoms with E-state index in [0.717, 1.165) is 15.9 Å². The van der Waals surface area contributed by atoms with Crippen LogP contribution in [0.2, 0.25) is 0 Å². The molecule has 1 unspecified atom stereocenters. The standard InChI is InChI=1S/C18H26N4O2S/c1-10(2)15-12-8-13(25-17(12)21(6)20-15)16(24)19-11-7-14(23)22(9-11)18(3,4)5/h8,10-11H,7,9H2,1-6H3,(H,19,24). The van der Waals surface area contributed by atoms with Gasteiger partial charge in [-0.1, -0.05) is 13.8 Å². The number of aromatic nitrogens is 2. The molecule has 1 fully saturated rings. The van der Waals surface area contributed by atoms with Crippen molar-refractivity contribution in [1.82, 2.24) is 20.0 Å². The minimum absolute atomic E-state index is 0.0976. The number of nitrogens with zero attached hydrogens (tertiary/aromatic N) is 3. The van der Waals surface area contributed by atoms with Crippen molar-refractivity contribution in [2.45, 2.75) is 58.5 Å². The second-order valence-corrected chi connectivity index (χ2v) is 9.07. The molecule has 1 N–H and O–H groups in total. The normalized spacial score (nSPS) is 18.6. The first-order valence-corrected chi connectivity index (χ1v) is 9.47. The minimum atomic E-state index is -0.216.